The second-order valence-corrected chi connectivity index (χ2v) is 7.33. The Labute approximate surface area is 168 Å². The Morgan fingerprint density at radius 2 is 1.79 bits per heavy atom. The first-order valence-corrected chi connectivity index (χ1v) is 10.0. The Morgan fingerprint density at radius 1 is 1.04 bits per heavy atom. The number of hydrogen-bond acceptors (Lipinski definition) is 4. The van der Waals surface area contributed by atoms with Gasteiger partial charge in [0.25, 0.3) is 0 Å². The van der Waals surface area contributed by atoms with Gasteiger partial charge >= 0.3 is 0 Å². The molecule has 3 rings (SSSR count). The number of amides is 1. The summed E-state index contributed by atoms with van der Waals surface area (Å²) >= 11 is 0. The van der Waals surface area contributed by atoms with Gasteiger partial charge in [0.2, 0.25) is 5.91 Å². The molecule has 0 unspecified atom stereocenters. The number of nitrogens with zero attached hydrogens (tertiary/aromatic N) is 2. The maximum atomic E-state index is 12.5. The highest BCUT2D eigenvalue weighted by atomic mass is 16.5. The van der Waals surface area contributed by atoms with E-state index in [4.69, 9.17) is 4.74 Å². The van der Waals surface area contributed by atoms with Crippen molar-refractivity contribution in [3.05, 3.63) is 59.2 Å². The lowest BCUT2D eigenvalue weighted by molar-refractivity contribution is -0.131. The molecule has 2 aromatic rings. The highest BCUT2D eigenvalue weighted by Crippen LogP contribution is 2.24. The van der Waals surface area contributed by atoms with Crippen molar-refractivity contribution in [1.29, 1.82) is 0 Å². The fraction of sp³-hybridized carbons (Fsp3) is 0.435. The molecular formula is C23H31N3O2. The largest absolute Gasteiger partial charge is 0.496 e. The molecule has 0 bridgehead atoms. The summed E-state index contributed by atoms with van der Waals surface area (Å²) in [6.07, 6.45) is 0.526. The number of rotatable bonds is 7. The minimum atomic E-state index is 0.230. The average Bonchev–Trinajstić information content (AvgIpc) is 2.73. The monoisotopic (exact) mass is 381 g/mol. The highest BCUT2D eigenvalue weighted by molar-refractivity contribution is 5.76. The lowest BCUT2D eigenvalue weighted by atomic mass is 10.1. The summed E-state index contributed by atoms with van der Waals surface area (Å²) in [6, 6.07) is 14.4. The van der Waals surface area contributed by atoms with Crippen LogP contribution in [0.15, 0.2) is 42.5 Å². The zero-order chi connectivity index (χ0) is 19.9. The van der Waals surface area contributed by atoms with Crippen molar-refractivity contribution in [2.45, 2.75) is 26.8 Å². The first-order chi connectivity index (χ1) is 13.6. The summed E-state index contributed by atoms with van der Waals surface area (Å²) in [5, 5.41) is 3.36. The van der Waals surface area contributed by atoms with Gasteiger partial charge in [-0.3, -0.25) is 4.79 Å². The number of methoxy groups -OCH3 is 1. The van der Waals surface area contributed by atoms with Crippen molar-refractivity contribution in [3.8, 4) is 5.75 Å². The Balaban J connectivity index is 1.42. The number of anilines is 1. The number of carbonyl (C=O) groups excluding carboxylic acids is 1. The first kappa shape index (κ1) is 20.2. The molecule has 1 saturated heterocycles. The minimum absolute atomic E-state index is 0.230. The van der Waals surface area contributed by atoms with E-state index in [2.05, 4.69) is 42.3 Å². The van der Waals surface area contributed by atoms with Gasteiger partial charge in [0, 0.05) is 56.9 Å². The van der Waals surface area contributed by atoms with Gasteiger partial charge < -0.3 is 19.9 Å². The quantitative estimate of drug-likeness (QED) is 0.749. The molecule has 0 atom stereocenters. The Morgan fingerprint density at radius 3 is 2.54 bits per heavy atom. The minimum Gasteiger partial charge on any atom is -0.496 e. The standard InChI is InChI=1S/C23H31N3O2/c1-18-7-6-9-21(19(18)2)25-13-15-26(16-14-25)23(27)11-12-24-17-20-8-4-5-10-22(20)28-3/h4-10,24H,11-17H2,1-3H3. The van der Waals surface area contributed by atoms with E-state index in [9.17, 15) is 4.79 Å². The van der Waals surface area contributed by atoms with Crippen LogP contribution in [0.25, 0.3) is 0 Å². The van der Waals surface area contributed by atoms with Gasteiger partial charge in [-0.15, -0.1) is 0 Å². The van der Waals surface area contributed by atoms with Crippen LogP contribution in [0.5, 0.6) is 5.75 Å². The molecule has 0 radical (unpaired) electrons. The molecule has 150 valence electrons. The molecule has 1 aliphatic rings. The summed E-state index contributed by atoms with van der Waals surface area (Å²) in [5.74, 6) is 1.11. The Kier molecular flexibility index (Phi) is 6.93. The van der Waals surface area contributed by atoms with Gasteiger partial charge in [0.15, 0.2) is 0 Å². The van der Waals surface area contributed by atoms with E-state index in [1.165, 1.54) is 16.8 Å². The van der Waals surface area contributed by atoms with Crippen LogP contribution in [-0.2, 0) is 11.3 Å². The van der Waals surface area contributed by atoms with Crippen molar-refractivity contribution in [1.82, 2.24) is 10.2 Å². The van der Waals surface area contributed by atoms with Crippen molar-refractivity contribution in [3.63, 3.8) is 0 Å². The lowest BCUT2D eigenvalue weighted by Crippen LogP contribution is -2.49. The van der Waals surface area contributed by atoms with Crippen LogP contribution in [0.2, 0.25) is 0 Å². The summed E-state index contributed by atoms with van der Waals surface area (Å²) in [6.45, 7) is 9.07. The van der Waals surface area contributed by atoms with E-state index in [1.807, 2.05) is 29.2 Å². The maximum Gasteiger partial charge on any atom is 0.223 e. The first-order valence-electron chi connectivity index (χ1n) is 10.0. The summed E-state index contributed by atoms with van der Waals surface area (Å²) in [5.41, 5.74) is 5.06. The van der Waals surface area contributed by atoms with Gasteiger partial charge in [-0.1, -0.05) is 30.3 Å². The SMILES string of the molecule is COc1ccccc1CNCCC(=O)N1CCN(c2cccc(C)c2C)CC1. The fourth-order valence-corrected chi connectivity index (χ4v) is 3.70. The van der Waals surface area contributed by atoms with Crippen LogP contribution in [0, 0.1) is 13.8 Å². The van der Waals surface area contributed by atoms with Gasteiger partial charge in [-0.05, 0) is 37.1 Å². The van der Waals surface area contributed by atoms with Crippen molar-refractivity contribution < 1.29 is 9.53 Å². The Bertz CT molecular complexity index is 798. The highest BCUT2D eigenvalue weighted by Gasteiger charge is 2.21. The molecule has 28 heavy (non-hydrogen) atoms. The van der Waals surface area contributed by atoms with Crippen LogP contribution in [-0.4, -0.2) is 50.6 Å². The number of carbonyl (C=O) groups is 1. The van der Waals surface area contributed by atoms with E-state index in [-0.39, 0.29) is 5.91 Å². The summed E-state index contributed by atoms with van der Waals surface area (Å²) in [4.78, 5) is 16.9. The van der Waals surface area contributed by atoms with Gasteiger partial charge in [0.1, 0.15) is 5.75 Å². The number of hydrogen-bond donors (Lipinski definition) is 1. The van der Waals surface area contributed by atoms with Crippen LogP contribution < -0.4 is 15.0 Å². The van der Waals surface area contributed by atoms with E-state index in [0.717, 1.165) is 37.5 Å². The van der Waals surface area contributed by atoms with Crippen LogP contribution in [0.1, 0.15) is 23.1 Å². The number of para-hydroxylation sites is 1. The average molecular weight is 382 g/mol. The summed E-state index contributed by atoms with van der Waals surface area (Å²) < 4.78 is 5.36. The third kappa shape index (κ3) is 4.84. The van der Waals surface area contributed by atoms with Crippen LogP contribution >= 0.6 is 0 Å². The number of benzene rings is 2. The number of piperazine rings is 1. The summed E-state index contributed by atoms with van der Waals surface area (Å²) in [7, 11) is 1.68. The molecule has 0 saturated carbocycles. The molecule has 0 aromatic heterocycles. The second kappa shape index (κ2) is 9.60. The molecule has 5 nitrogen and oxygen atoms in total. The Hall–Kier alpha value is -2.53. The van der Waals surface area contributed by atoms with Crippen LogP contribution in [0.4, 0.5) is 5.69 Å². The predicted octanol–water partition coefficient (Wildman–Crippen LogP) is 3.14. The van der Waals surface area contributed by atoms with Gasteiger partial charge in [-0.2, -0.15) is 0 Å². The predicted molar refractivity (Wildman–Crippen MR) is 114 cm³/mol. The number of nitrogens with one attached hydrogen (secondary N) is 1. The molecule has 1 fully saturated rings. The topological polar surface area (TPSA) is 44.8 Å². The number of aryl methyl sites for hydroxylation is 1. The zero-order valence-electron chi connectivity index (χ0n) is 17.2. The van der Waals surface area contributed by atoms with Crippen molar-refractivity contribution >= 4 is 11.6 Å². The van der Waals surface area contributed by atoms with Gasteiger partial charge in [0.05, 0.1) is 7.11 Å². The van der Waals surface area contributed by atoms with Crippen LogP contribution in [0.3, 0.4) is 0 Å². The molecule has 1 aliphatic heterocycles. The molecule has 1 N–H and O–H groups in total. The van der Waals surface area contributed by atoms with E-state index in [0.29, 0.717) is 19.5 Å². The number of ether oxygens (including phenoxy) is 1. The molecule has 0 aliphatic carbocycles. The van der Waals surface area contributed by atoms with Gasteiger partial charge in [-0.25, -0.2) is 0 Å². The molecule has 0 spiro atoms. The molecule has 1 heterocycles. The third-order valence-electron chi connectivity index (χ3n) is 5.57. The lowest BCUT2D eigenvalue weighted by Gasteiger charge is -2.37. The zero-order valence-corrected chi connectivity index (χ0v) is 17.2. The molecule has 5 heteroatoms. The van der Waals surface area contributed by atoms with Crippen molar-refractivity contribution in [2.24, 2.45) is 0 Å². The normalized spacial score (nSPS) is 14.2. The van der Waals surface area contributed by atoms with Crippen molar-refractivity contribution in [2.75, 3.05) is 44.7 Å². The second-order valence-electron chi connectivity index (χ2n) is 7.33. The van der Waals surface area contributed by atoms with E-state index >= 15 is 0 Å². The maximum absolute atomic E-state index is 12.5. The third-order valence-corrected chi connectivity index (χ3v) is 5.57. The smallest absolute Gasteiger partial charge is 0.223 e. The van der Waals surface area contributed by atoms with E-state index in [1.54, 1.807) is 7.11 Å². The molecular weight excluding hydrogens is 350 g/mol. The molecule has 1 amide bonds. The molecule has 2 aromatic carbocycles. The fourth-order valence-electron chi connectivity index (χ4n) is 3.70. The van der Waals surface area contributed by atoms with E-state index < -0.39 is 0 Å².